The topological polar surface area (TPSA) is 80.6 Å². The standard InChI is InChI=1S/C25H28N2O4/c1-4-25(2,3)19-10-12-21(13-11-19)31-17-23(28)27-20-8-5-7-18(15-20)24(29)26-16-22-9-6-14-30-22/h5-15H,4,16-17H2,1-3H3,(H,26,29)(H,27,28). The van der Waals surface area contributed by atoms with Gasteiger partial charge in [0.25, 0.3) is 11.8 Å². The second-order valence-electron chi connectivity index (χ2n) is 7.94. The maximum atomic E-state index is 12.3. The van der Waals surface area contributed by atoms with Crippen LogP contribution in [0.5, 0.6) is 5.75 Å². The van der Waals surface area contributed by atoms with Gasteiger partial charge in [-0.15, -0.1) is 0 Å². The number of rotatable bonds is 9. The van der Waals surface area contributed by atoms with Crippen LogP contribution in [-0.2, 0) is 16.8 Å². The van der Waals surface area contributed by atoms with E-state index in [0.29, 0.717) is 29.3 Å². The van der Waals surface area contributed by atoms with Crippen molar-refractivity contribution < 1.29 is 18.7 Å². The number of hydrogen-bond acceptors (Lipinski definition) is 4. The predicted octanol–water partition coefficient (Wildman–Crippen LogP) is 4.91. The summed E-state index contributed by atoms with van der Waals surface area (Å²) < 4.78 is 10.8. The van der Waals surface area contributed by atoms with Gasteiger partial charge in [-0.05, 0) is 59.9 Å². The summed E-state index contributed by atoms with van der Waals surface area (Å²) in [6, 6.07) is 18.1. The number of furan rings is 1. The van der Waals surface area contributed by atoms with E-state index in [0.717, 1.165) is 6.42 Å². The van der Waals surface area contributed by atoms with Gasteiger partial charge in [0, 0.05) is 11.3 Å². The third kappa shape index (κ3) is 6.22. The van der Waals surface area contributed by atoms with E-state index in [4.69, 9.17) is 9.15 Å². The Morgan fingerprint density at radius 3 is 2.48 bits per heavy atom. The third-order valence-corrected chi connectivity index (χ3v) is 5.30. The zero-order valence-corrected chi connectivity index (χ0v) is 18.1. The van der Waals surface area contributed by atoms with Gasteiger partial charge in [0.15, 0.2) is 6.61 Å². The highest BCUT2D eigenvalue weighted by Gasteiger charge is 2.17. The van der Waals surface area contributed by atoms with Crippen LogP contribution >= 0.6 is 0 Å². The Morgan fingerprint density at radius 1 is 1.03 bits per heavy atom. The zero-order valence-electron chi connectivity index (χ0n) is 18.1. The molecule has 0 aliphatic rings. The van der Waals surface area contributed by atoms with Crippen LogP contribution in [0.25, 0.3) is 0 Å². The number of carbonyl (C=O) groups excluding carboxylic acids is 2. The van der Waals surface area contributed by atoms with Crippen LogP contribution in [0.3, 0.4) is 0 Å². The van der Waals surface area contributed by atoms with Crippen molar-refractivity contribution in [2.45, 2.75) is 39.2 Å². The van der Waals surface area contributed by atoms with Crippen LogP contribution in [0, 0.1) is 0 Å². The van der Waals surface area contributed by atoms with E-state index < -0.39 is 0 Å². The van der Waals surface area contributed by atoms with Gasteiger partial charge in [0.1, 0.15) is 11.5 Å². The van der Waals surface area contributed by atoms with Crippen molar-refractivity contribution in [3.8, 4) is 5.75 Å². The maximum absolute atomic E-state index is 12.3. The number of anilines is 1. The Morgan fingerprint density at radius 2 is 1.81 bits per heavy atom. The van der Waals surface area contributed by atoms with E-state index in [2.05, 4.69) is 31.4 Å². The Hall–Kier alpha value is -3.54. The minimum Gasteiger partial charge on any atom is -0.484 e. The molecule has 0 radical (unpaired) electrons. The normalized spacial score (nSPS) is 11.1. The van der Waals surface area contributed by atoms with Crippen molar-refractivity contribution in [3.63, 3.8) is 0 Å². The highest BCUT2D eigenvalue weighted by atomic mass is 16.5. The van der Waals surface area contributed by atoms with Gasteiger partial charge < -0.3 is 19.8 Å². The fourth-order valence-corrected chi connectivity index (χ4v) is 2.97. The molecule has 0 bridgehead atoms. The predicted molar refractivity (Wildman–Crippen MR) is 120 cm³/mol. The van der Waals surface area contributed by atoms with Crippen LogP contribution in [0.15, 0.2) is 71.3 Å². The molecule has 6 heteroatoms. The minimum absolute atomic E-state index is 0.102. The van der Waals surface area contributed by atoms with Crippen molar-refractivity contribution >= 4 is 17.5 Å². The van der Waals surface area contributed by atoms with Crippen LogP contribution < -0.4 is 15.4 Å². The summed E-state index contributed by atoms with van der Waals surface area (Å²) in [7, 11) is 0. The fraction of sp³-hybridized carbons (Fsp3) is 0.280. The largest absolute Gasteiger partial charge is 0.484 e. The lowest BCUT2D eigenvalue weighted by molar-refractivity contribution is -0.118. The highest BCUT2D eigenvalue weighted by Crippen LogP contribution is 2.28. The average Bonchev–Trinajstić information content (AvgIpc) is 3.30. The van der Waals surface area contributed by atoms with Crippen molar-refractivity contribution in [3.05, 3.63) is 83.8 Å². The molecule has 0 fully saturated rings. The molecule has 0 spiro atoms. The molecule has 0 saturated heterocycles. The molecule has 31 heavy (non-hydrogen) atoms. The molecule has 0 atom stereocenters. The van der Waals surface area contributed by atoms with Crippen LogP contribution in [0.2, 0.25) is 0 Å². The van der Waals surface area contributed by atoms with E-state index in [1.807, 2.05) is 24.3 Å². The van der Waals surface area contributed by atoms with E-state index in [1.165, 1.54) is 5.56 Å². The van der Waals surface area contributed by atoms with E-state index >= 15 is 0 Å². The second kappa shape index (κ2) is 9.98. The van der Waals surface area contributed by atoms with Gasteiger partial charge >= 0.3 is 0 Å². The van der Waals surface area contributed by atoms with Crippen molar-refractivity contribution in [1.82, 2.24) is 5.32 Å². The molecule has 0 unspecified atom stereocenters. The molecule has 2 aromatic carbocycles. The molecule has 0 aliphatic heterocycles. The Labute approximate surface area is 182 Å². The Kier molecular flexibility index (Phi) is 7.13. The summed E-state index contributed by atoms with van der Waals surface area (Å²) >= 11 is 0. The van der Waals surface area contributed by atoms with Gasteiger partial charge in [-0.2, -0.15) is 0 Å². The molecular weight excluding hydrogens is 392 g/mol. The van der Waals surface area contributed by atoms with Crippen molar-refractivity contribution in [1.29, 1.82) is 0 Å². The van der Waals surface area contributed by atoms with E-state index in [-0.39, 0.29) is 23.8 Å². The van der Waals surface area contributed by atoms with Gasteiger partial charge in [-0.25, -0.2) is 0 Å². The van der Waals surface area contributed by atoms with Crippen LogP contribution in [-0.4, -0.2) is 18.4 Å². The molecule has 0 aliphatic carbocycles. The average molecular weight is 421 g/mol. The van der Waals surface area contributed by atoms with Crippen molar-refractivity contribution in [2.24, 2.45) is 0 Å². The summed E-state index contributed by atoms with van der Waals surface area (Å²) in [6.07, 6.45) is 2.59. The minimum atomic E-state index is -0.300. The molecule has 162 valence electrons. The monoisotopic (exact) mass is 420 g/mol. The number of benzene rings is 2. The summed E-state index contributed by atoms with van der Waals surface area (Å²) in [5.74, 6) is 0.753. The van der Waals surface area contributed by atoms with Gasteiger partial charge in [0.2, 0.25) is 0 Å². The lowest BCUT2D eigenvalue weighted by Gasteiger charge is -2.23. The van der Waals surface area contributed by atoms with E-state index in [9.17, 15) is 9.59 Å². The van der Waals surface area contributed by atoms with Gasteiger partial charge in [-0.1, -0.05) is 39.0 Å². The first-order chi connectivity index (χ1) is 14.9. The van der Waals surface area contributed by atoms with E-state index in [1.54, 1.807) is 42.7 Å². The number of carbonyl (C=O) groups is 2. The molecule has 2 amide bonds. The Bertz CT molecular complexity index is 1010. The molecule has 1 aromatic heterocycles. The fourth-order valence-electron chi connectivity index (χ4n) is 2.97. The van der Waals surface area contributed by atoms with Crippen LogP contribution in [0.1, 0.15) is 48.9 Å². The molecule has 6 nitrogen and oxygen atoms in total. The molecule has 1 heterocycles. The summed E-state index contributed by atoms with van der Waals surface area (Å²) in [5, 5.41) is 5.54. The molecule has 2 N–H and O–H groups in total. The van der Waals surface area contributed by atoms with Gasteiger partial charge in [-0.3, -0.25) is 9.59 Å². The number of hydrogen-bond donors (Lipinski definition) is 2. The first-order valence-corrected chi connectivity index (χ1v) is 10.3. The summed E-state index contributed by atoms with van der Waals surface area (Å²) in [4.78, 5) is 24.6. The lowest BCUT2D eigenvalue weighted by atomic mass is 9.82. The quantitative estimate of drug-likeness (QED) is 0.515. The number of amides is 2. The maximum Gasteiger partial charge on any atom is 0.262 e. The summed E-state index contributed by atoms with van der Waals surface area (Å²) in [6.45, 7) is 6.73. The molecule has 3 rings (SSSR count). The first-order valence-electron chi connectivity index (χ1n) is 10.3. The summed E-state index contributed by atoms with van der Waals surface area (Å²) in [5.41, 5.74) is 2.30. The SMILES string of the molecule is CCC(C)(C)c1ccc(OCC(=O)Nc2cccc(C(=O)NCc3ccco3)c2)cc1. The third-order valence-electron chi connectivity index (χ3n) is 5.30. The smallest absolute Gasteiger partial charge is 0.262 e. The Balaban J connectivity index is 1.51. The lowest BCUT2D eigenvalue weighted by Crippen LogP contribution is -2.23. The molecule has 0 saturated carbocycles. The first kappa shape index (κ1) is 22.2. The second-order valence-corrected chi connectivity index (χ2v) is 7.94. The molecular formula is C25H28N2O4. The van der Waals surface area contributed by atoms with Gasteiger partial charge in [0.05, 0.1) is 12.8 Å². The number of nitrogens with one attached hydrogen (secondary N) is 2. The molecule has 3 aromatic rings. The zero-order chi connectivity index (χ0) is 22.3. The number of ether oxygens (including phenoxy) is 1. The van der Waals surface area contributed by atoms with Crippen molar-refractivity contribution in [2.75, 3.05) is 11.9 Å². The van der Waals surface area contributed by atoms with Crippen LogP contribution in [0.4, 0.5) is 5.69 Å². The highest BCUT2D eigenvalue weighted by molar-refractivity contribution is 5.97.